The third-order valence-electron chi connectivity index (χ3n) is 3.88. The van der Waals surface area contributed by atoms with E-state index in [0.29, 0.717) is 12.1 Å². The molecule has 1 aliphatic heterocycles. The largest absolute Gasteiger partial charge is 0.488 e. The van der Waals surface area contributed by atoms with Gasteiger partial charge in [-0.2, -0.15) is 0 Å². The molecule has 0 aliphatic carbocycles. The number of hydrogen-bond donors (Lipinski definition) is 2. The molecule has 0 spiro atoms. The first kappa shape index (κ1) is 14.5. The van der Waals surface area contributed by atoms with Crippen LogP contribution in [0.3, 0.4) is 0 Å². The Balaban J connectivity index is 2.02. The molecule has 2 rings (SSSR count). The number of nitrogens with zero attached hydrogens (tertiary/aromatic N) is 1. The highest BCUT2D eigenvalue weighted by atomic mass is 19.1. The molecule has 1 saturated heterocycles. The van der Waals surface area contributed by atoms with E-state index in [1.165, 1.54) is 12.5 Å². The maximum atomic E-state index is 13.9. The molecule has 1 fully saturated rings. The van der Waals surface area contributed by atoms with E-state index in [1.54, 1.807) is 12.1 Å². The second kappa shape index (κ2) is 6.50. The van der Waals surface area contributed by atoms with Crippen LogP contribution in [0.15, 0.2) is 18.2 Å². The minimum absolute atomic E-state index is 0.200. The summed E-state index contributed by atoms with van der Waals surface area (Å²) in [5, 5.41) is 18.0. The molecule has 1 aromatic carbocycles. The van der Waals surface area contributed by atoms with Crippen molar-refractivity contribution < 1.29 is 14.4 Å². The summed E-state index contributed by atoms with van der Waals surface area (Å²) >= 11 is 0. The summed E-state index contributed by atoms with van der Waals surface area (Å²) in [6.45, 7) is 4.88. The minimum Gasteiger partial charge on any atom is -0.423 e. The highest BCUT2D eigenvalue weighted by molar-refractivity contribution is 6.58. The highest BCUT2D eigenvalue weighted by Gasteiger charge is 2.17. The third kappa shape index (κ3) is 4.03. The van der Waals surface area contributed by atoms with Gasteiger partial charge in [0.1, 0.15) is 5.82 Å². The molecule has 2 N–H and O–H groups in total. The fourth-order valence-electron chi connectivity index (χ4n) is 2.57. The molecular formula is C14H21BFNO2. The van der Waals surface area contributed by atoms with Crippen LogP contribution >= 0.6 is 0 Å². The summed E-state index contributed by atoms with van der Waals surface area (Å²) in [4.78, 5) is 2.27. The Bertz CT molecular complexity index is 428. The first-order valence-corrected chi connectivity index (χ1v) is 6.93. The molecule has 0 aromatic heterocycles. The van der Waals surface area contributed by atoms with Crippen LogP contribution < -0.4 is 5.46 Å². The van der Waals surface area contributed by atoms with Crippen LogP contribution in [0.5, 0.6) is 0 Å². The van der Waals surface area contributed by atoms with Crippen LogP contribution in [0.25, 0.3) is 0 Å². The monoisotopic (exact) mass is 265 g/mol. The minimum atomic E-state index is -1.61. The van der Waals surface area contributed by atoms with Crippen molar-refractivity contribution >= 4 is 12.6 Å². The summed E-state index contributed by atoms with van der Waals surface area (Å²) in [7, 11) is -1.61. The summed E-state index contributed by atoms with van der Waals surface area (Å²) in [6.07, 6.45) is 3.57. The van der Waals surface area contributed by atoms with Crippen LogP contribution in [-0.2, 0) is 6.54 Å². The molecule has 19 heavy (non-hydrogen) atoms. The predicted molar refractivity (Wildman–Crippen MR) is 74.5 cm³/mol. The van der Waals surface area contributed by atoms with Crippen molar-refractivity contribution in [1.82, 2.24) is 4.90 Å². The molecule has 5 heteroatoms. The average molecular weight is 265 g/mol. The lowest BCUT2D eigenvalue weighted by Gasteiger charge is -2.20. The predicted octanol–water partition coefficient (Wildman–Crippen LogP) is 1.13. The average Bonchev–Trinajstić information content (AvgIpc) is 2.57. The zero-order chi connectivity index (χ0) is 13.8. The van der Waals surface area contributed by atoms with Gasteiger partial charge in [0, 0.05) is 12.1 Å². The number of benzene rings is 1. The van der Waals surface area contributed by atoms with Gasteiger partial charge in [-0.05, 0) is 49.8 Å². The fourth-order valence-corrected chi connectivity index (χ4v) is 2.57. The Kier molecular flexibility index (Phi) is 4.96. The number of rotatable bonds is 3. The van der Waals surface area contributed by atoms with E-state index in [0.717, 1.165) is 31.8 Å². The van der Waals surface area contributed by atoms with Crippen molar-refractivity contribution in [2.45, 2.75) is 32.7 Å². The van der Waals surface area contributed by atoms with Gasteiger partial charge in [-0.25, -0.2) is 4.39 Å². The van der Waals surface area contributed by atoms with E-state index in [9.17, 15) is 4.39 Å². The third-order valence-corrected chi connectivity index (χ3v) is 3.88. The topological polar surface area (TPSA) is 43.7 Å². The van der Waals surface area contributed by atoms with Crippen molar-refractivity contribution in [3.63, 3.8) is 0 Å². The highest BCUT2D eigenvalue weighted by Crippen LogP contribution is 2.18. The Morgan fingerprint density at radius 1 is 1.32 bits per heavy atom. The van der Waals surface area contributed by atoms with Gasteiger partial charge in [0.05, 0.1) is 0 Å². The number of likely N-dealkylation sites (tertiary alicyclic amines) is 1. The van der Waals surface area contributed by atoms with E-state index in [4.69, 9.17) is 10.0 Å². The van der Waals surface area contributed by atoms with Crippen LogP contribution in [0.2, 0.25) is 0 Å². The van der Waals surface area contributed by atoms with Crippen molar-refractivity contribution in [2.75, 3.05) is 13.1 Å². The molecule has 1 unspecified atom stereocenters. The summed E-state index contributed by atoms with van der Waals surface area (Å²) in [5.74, 6) is 0.393. The standard InChI is InChI=1S/C14H21BFNO2/c1-11-3-2-7-17(8-6-11)10-12-4-5-13(15(18)19)9-14(12)16/h4-5,9,11,18-19H,2-3,6-8,10H2,1H3. The molecule has 0 bridgehead atoms. The quantitative estimate of drug-likeness (QED) is 0.805. The molecule has 1 aliphatic rings. The summed E-state index contributed by atoms with van der Waals surface area (Å²) < 4.78 is 13.9. The van der Waals surface area contributed by atoms with E-state index in [-0.39, 0.29) is 11.3 Å². The van der Waals surface area contributed by atoms with Crippen molar-refractivity contribution in [3.8, 4) is 0 Å². The molecule has 0 radical (unpaired) electrons. The van der Waals surface area contributed by atoms with Crippen LogP contribution in [0.4, 0.5) is 4.39 Å². The second-order valence-electron chi connectivity index (χ2n) is 5.54. The van der Waals surface area contributed by atoms with Gasteiger partial charge in [-0.15, -0.1) is 0 Å². The van der Waals surface area contributed by atoms with E-state index in [1.807, 2.05) is 0 Å². The normalized spacial score (nSPS) is 21.2. The summed E-state index contributed by atoms with van der Waals surface area (Å²) in [6, 6.07) is 4.43. The Morgan fingerprint density at radius 2 is 2.11 bits per heavy atom. The first-order chi connectivity index (χ1) is 9.06. The Hall–Kier alpha value is -0.905. The lowest BCUT2D eigenvalue weighted by molar-refractivity contribution is 0.270. The molecule has 0 saturated carbocycles. The van der Waals surface area contributed by atoms with E-state index >= 15 is 0 Å². The lowest BCUT2D eigenvalue weighted by Crippen LogP contribution is -2.31. The maximum Gasteiger partial charge on any atom is 0.488 e. The van der Waals surface area contributed by atoms with Gasteiger partial charge in [-0.1, -0.05) is 19.1 Å². The molecule has 1 heterocycles. The van der Waals surface area contributed by atoms with E-state index < -0.39 is 7.12 Å². The van der Waals surface area contributed by atoms with Gasteiger partial charge < -0.3 is 10.0 Å². The maximum absolute atomic E-state index is 13.9. The Labute approximate surface area is 114 Å². The van der Waals surface area contributed by atoms with Crippen LogP contribution in [-0.4, -0.2) is 35.2 Å². The molecule has 104 valence electrons. The molecular weight excluding hydrogens is 244 g/mol. The number of hydrogen-bond acceptors (Lipinski definition) is 3. The van der Waals surface area contributed by atoms with Crippen LogP contribution in [0.1, 0.15) is 31.7 Å². The first-order valence-electron chi connectivity index (χ1n) is 6.93. The van der Waals surface area contributed by atoms with Gasteiger partial charge >= 0.3 is 7.12 Å². The fraction of sp³-hybridized carbons (Fsp3) is 0.571. The zero-order valence-corrected chi connectivity index (χ0v) is 11.3. The van der Waals surface area contributed by atoms with Crippen molar-refractivity contribution in [3.05, 3.63) is 29.6 Å². The zero-order valence-electron chi connectivity index (χ0n) is 11.3. The van der Waals surface area contributed by atoms with Crippen LogP contribution in [0, 0.1) is 11.7 Å². The molecule has 0 amide bonds. The van der Waals surface area contributed by atoms with Gasteiger partial charge in [0.25, 0.3) is 0 Å². The lowest BCUT2D eigenvalue weighted by atomic mass is 9.80. The van der Waals surface area contributed by atoms with Gasteiger partial charge in [0.2, 0.25) is 0 Å². The second-order valence-corrected chi connectivity index (χ2v) is 5.54. The number of halogens is 1. The molecule has 1 aromatic rings. The van der Waals surface area contributed by atoms with Gasteiger partial charge in [-0.3, -0.25) is 4.90 Å². The molecule has 1 atom stereocenters. The summed E-state index contributed by atoms with van der Waals surface area (Å²) in [5.41, 5.74) is 0.824. The molecule has 3 nitrogen and oxygen atoms in total. The Morgan fingerprint density at radius 3 is 2.79 bits per heavy atom. The SMILES string of the molecule is CC1CCCN(Cc2ccc(B(O)O)cc2F)CC1. The van der Waals surface area contributed by atoms with E-state index in [2.05, 4.69) is 11.8 Å². The van der Waals surface area contributed by atoms with Gasteiger partial charge in [0.15, 0.2) is 0 Å². The van der Waals surface area contributed by atoms with Crippen molar-refractivity contribution in [2.24, 2.45) is 5.92 Å². The van der Waals surface area contributed by atoms with Crippen molar-refractivity contribution in [1.29, 1.82) is 0 Å². The smallest absolute Gasteiger partial charge is 0.423 e.